The smallest absolute Gasteiger partial charge is 0.212 e. The van der Waals surface area contributed by atoms with Crippen molar-refractivity contribution >= 4 is 10.0 Å². The summed E-state index contributed by atoms with van der Waals surface area (Å²) in [5.41, 5.74) is 5.78. The highest BCUT2D eigenvalue weighted by Gasteiger charge is 2.18. The Morgan fingerprint density at radius 3 is 2.40 bits per heavy atom. The second-order valence-electron chi connectivity index (χ2n) is 4.09. The summed E-state index contributed by atoms with van der Waals surface area (Å²) in [4.78, 5) is 0. The highest BCUT2D eigenvalue weighted by atomic mass is 32.2. The molecule has 0 unspecified atom stereocenters. The van der Waals surface area contributed by atoms with Crippen LogP contribution in [0, 0.1) is 0 Å². The standard InChI is InChI=1S/C9H21N3O2S/c1-11-15(13,14)7-6-12-9-4-2-8(10)3-5-9/h8-9,11-12H,2-7,10H2,1H3. The molecule has 0 spiro atoms. The third-order valence-electron chi connectivity index (χ3n) is 2.89. The van der Waals surface area contributed by atoms with Crippen LogP contribution in [-0.4, -0.2) is 39.8 Å². The molecule has 1 aliphatic carbocycles. The topological polar surface area (TPSA) is 84.2 Å². The molecule has 0 heterocycles. The summed E-state index contributed by atoms with van der Waals surface area (Å²) in [5.74, 6) is 0.145. The Labute approximate surface area is 91.9 Å². The predicted molar refractivity (Wildman–Crippen MR) is 61.1 cm³/mol. The van der Waals surface area contributed by atoms with Crippen LogP contribution < -0.4 is 15.8 Å². The first-order valence-electron chi connectivity index (χ1n) is 5.43. The van der Waals surface area contributed by atoms with E-state index in [-0.39, 0.29) is 5.75 Å². The van der Waals surface area contributed by atoms with Gasteiger partial charge in [-0.05, 0) is 32.7 Å². The molecule has 0 radical (unpaired) electrons. The maximum atomic E-state index is 11.1. The van der Waals surface area contributed by atoms with E-state index in [0.29, 0.717) is 18.6 Å². The summed E-state index contributed by atoms with van der Waals surface area (Å²) in [6.07, 6.45) is 4.19. The first kappa shape index (κ1) is 12.9. The van der Waals surface area contributed by atoms with Crippen LogP contribution in [-0.2, 0) is 10.0 Å². The van der Waals surface area contributed by atoms with E-state index >= 15 is 0 Å². The van der Waals surface area contributed by atoms with Crippen molar-refractivity contribution in [1.82, 2.24) is 10.0 Å². The molecule has 1 saturated carbocycles. The van der Waals surface area contributed by atoms with Crippen LogP contribution in [0.1, 0.15) is 25.7 Å². The third-order valence-corrected chi connectivity index (χ3v) is 4.25. The van der Waals surface area contributed by atoms with Crippen molar-refractivity contribution in [3.8, 4) is 0 Å². The summed E-state index contributed by atoms with van der Waals surface area (Å²) in [6.45, 7) is 0.517. The van der Waals surface area contributed by atoms with Gasteiger partial charge in [0.1, 0.15) is 0 Å². The highest BCUT2D eigenvalue weighted by Crippen LogP contribution is 2.16. The van der Waals surface area contributed by atoms with Crippen molar-refractivity contribution in [2.45, 2.75) is 37.8 Å². The van der Waals surface area contributed by atoms with Gasteiger partial charge in [-0.15, -0.1) is 0 Å². The molecule has 90 valence electrons. The molecule has 0 aromatic heterocycles. The molecule has 0 amide bonds. The van der Waals surface area contributed by atoms with Gasteiger partial charge in [0.2, 0.25) is 10.0 Å². The number of nitrogens with two attached hydrogens (primary N) is 1. The lowest BCUT2D eigenvalue weighted by Gasteiger charge is -2.26. The fourth-order valence-corrected chi connectivity index (χ4v) is 2.41. The molecule has 0 saturated heterocycles. The Hall–Kier alpha value is -0.170. The van der Waals surface area contributed by atoms with E-state index < -0.39 is 10.0 Å². The summed E-state index contributed by atoms with van der Waals surface area (Å²) in [7, 11) is -1.63. The molecule has 0 aromatic rings. The largest absolute Gasteiger partial charge is 0.328 e. The SMILES string of the molecule is CNS(=O)(=O)CCNC1CCC(N)CC1. The number of hydrogen-bond acceptors (Lipinski definition) is 4. The number of sulfonamides is 1. The van der Waals surface area contributed by atoms with Gasteiger partial charge in [0, 0.05) is 18.6 Å². The van der Waals surface area contributed by atoms with Gasteiger partial charge in [-0.2, -0.15) is 0 Å². The Morgan fingerprint density at radius 1 is 1.27 bits per heavy atom. The average molecular weight is 235 g/mol. The first-order valence-corrected chi connectivity index (χ1v) is 7.09. The highest BCUT2D eigenvalue weighted by molar-refractivity contribution is 7.89. The molecule has 15 heavy (non-hydrogen) atoms. The number of hydrogen-bond donors (Lipinski definition) is 3. The number of nitrogens with one attached hydrogen (secondary N) is 2. The molecule has 6 heteroatoms. The van der Waals surface area contributed by atoms with E-state index in [4.69, 9.17) is 5.73 Å². The minimum Gasteiger partial charge on any atom is -0.328 e. The van der Waals surface area contributed by atoms with E-state index in [9.17, 15) is 8.42 Å². The van der Waals surface area contributed by atoms with E-state index in [1.165, 1.54) is 7.05 Å². The lowest BCUT2D eigenvalue weighted by Crippen LogP contribution is -2.40. The fourth-order valence-electron chi connectivity index (χ4n) is 1.82. The summed E-state index contributed by atoms with van der Waals surface area (Å²) in [5, 5.41) is 3.26. The van der Waals surface area contributed by atoms with Gasteiger partial charge in [0.25, 0.3) is 0 Å². The zero-order valence-corrected chi connectivity index (χ0v) is 10.0. The van der Waals surface area contributed by atoms with Gasteiger partial charge < -0.3 is 11.1 Å². The molecular weight excluding hydrogens is 214 g/mol. The minimum absolute atomic E-state index is 0.145. The molecule has 0 atom stereocenters. The van der Waals surface area contributed by atoms with Crippen LogP contribution >= 0.6 is 0 Å². The van der Waals surface area contributed by atoms with Crippen molar-refractivity contribution in [2.75, 3.05) is 19.3 Å². The van der Waals surface area contributed by atoms with E-state index in [1.54, 1.807) is 0 Å². The molecule has 0 bridgehead atoms. The zero-order chi connectivity index (χ0) is 11.3. The van der Waals surface area contributed by atoms with Crippen LogP contribution in [0.15, 0.2) is 0 Å². The number of rotatable bonds is 5. The Kier molecular flexibility index (Phi) is 4.98. The average Bonchev–Trinajstić information content (AvgIpc) is 2.21. The van der Waals surface area contributed by atoms with E-state index in [2.05, 4.69) is 10.0 Å². The Balaban J connectivity index is 2.16. The second-order valence-corrected chi connectivity index (χ2v) is 6.13. The van der Waals surface area contributed by atoms with Crippen molar-refractivity contribution in [3.05, 3.63) is 0 Å². The Morgan fingerprint density at radius 2 is 1.87 bits per heavy atom. The molecule has 0 aliphatic heterocycles. The second kappa shape index (κ2) is 5.79. The molecule has 4 N–H and O–H groups in total. The first-order chi connectivity index (χ1) is 7.03. The molecule has 5 nitrogen and oxygen atoms in total. The van der Waals surface area contributed by atoms with Crippen molar-refractivity contribution < 1.29 is 8.42 Å². The molecule has 1 aliphatic rings. The maximum absolute atomic E-state index is 11.1. The summed E-state index contributed by atoms with van der Waals surface area (Å²) in [6, 6.07) is 0.779. The quantitative estimate of drug-likeness (QED) is 0.594. The van der Waals surface area contributed by atoms with E-state index in [0.717, 1.165) is 25.7 Å². The summed E-state index contributed by atoms with van der Waals surface area (Å²) >= 11 is 0. The van der Waals surface area contributed by atoms with Crippen LogP contribution in [0.4, 0.5) is 0 Å². The Bertz CT molecular complexity index is 271. The van der Waals surface area contributed by atoms with E-state index in [1.807, 2.05) is 0 Å². The normalized spacial score (nSPS) is 27.9. The minimum atomic E-state index is -3.07. The van der Waals surface area contributed by atoms with Crippen LogP contribution in [0.3, 0.4) is 0 Å². The lowest BCUT2D eigenvalue weighted by molar-refractivity contribution is 0.348. The van der Waals surface area contributed by atoms with Crippen LogP contribution in [0.25, 0.3) is 0 Å². The van der Waals surface area contributed by atoms with Crippen LogP contribution in [0.2, 0.25) is 0 Å². The van der Waals surface area contributed by atoms with Crippen molar-refractivity contribution in [3.63, 3.8) is 0 Å². The third kappa shape index (κ3) is 4.92. The molecule has 0 aromatic carbocycles. The fraction of sp³-hybridized carbons (Fsp3) is 1.00. The van der Waals surface area contributed by atoms with Gasteiger partial charge in [-0.1, -0.05) is 0 Å². The predicted octanol–water partition coefficient (Wildman–Crippen LogP) is -0.605. The van der Waals surface area contributed by atoms with Gasteiger partial charge in [0.15, 0.2) is 0 Å². The van der Waals surface area contributed by atoms with Gasteiger partial charge in [-0.3, -0.25) is 0 Å². The lowest BCUT2D eigenvalue weighted by atomic mass is 9.92. The molecular formula is C9H21N3O2S. The molecule has 1 rings (SSSR count). The maximum Gasteiger partial charge on any atom is 0.212 e. The summed E-state index contributed by atoms with van der Waals surface area (Å²) < 4.78 is 24.5. The van der Waals surface area contributed by atoms with Crippen LogP contribution in [0.5, 0.6) is 0 Å². The monoisotopic (exact) mass is 235 g/mol. The van der Waals surface area contributed by atoms with Gasteiger partial charge in [-0.25, -0.2) is 13.1 Å². The zero-order valence-electron chi connectivity index (χ0n) is 9.20. The van der Waals surface area contributed by atoms with Crippen molar-refractivity contribution in [1.29, 1.82) is 0 Å². The molecule has 1 fully saturated rings. The van der Waals surface area contributed by atoms with Gasteiger partial charge in [0.05, 0.1) is 5.75 Å². The van der Waals surface area contributed by atoms with Gasteiger partial charge >= 0.3 is 0 Å². The van der Waals surface area contributed by atoms with Crippen molar-refractivity contribution in [2.24, 2.45) is 5.73 Å².